The van der Waals surface area contributed by atoms with Crippen LogP contribution in [-0.2, 0) is 19.4 Å². The van der Waals surface area contributed by atoms with Gasteiger partial charge in [-0.05, 0) is 45.0 Å². The van der Waals surface area contributed by atoms with Crippen molar-refractivity contribution in [3.8, 4) is 0 Å². The lowest BCUT2D eigenvalue weighted by Gasteiger charge is -2.36. The third-order valence-electron chi connectivity index (χ3n) is 3.88. The lowest BCUT2D eigenvalue weighted by Crippen LogP contribution is -2.55. The maximum atomic E-state index is 12.9. The fraction of sp³-hybridized carbons (Fsp3) is 0.188. The van der Waals surface area contributed by atoms with Crippen molar-refractivity contribution in [1.82, 2.24) is 9.42 Å². The van der Waals surface area contributed by atoms with Crippen LogP contribution in [0.3, 0.4) is 0 Å². The maximum absolute atomic E-state index is 12.9. The van der Waals surface area contributed by atoms with Crippen LogP contribution < -0.4 is 5.32 Å². The van der Waals surface area contributed by atoms with E-state index in [9.17, 15) is 23.1 Å². The Morgan fingerprint density at radius 3 is 2.56 bits per heavy atom. The molecule has 2 aromatic rings. The monoisotopic (exact) mass is 366 g/mol. The van der Waals surface area contributed by atoms with Gasteiger partial charge in [-0.2, -0.15) is 9.56 Å². The van der Waals surface area contributed by atoms with Gasteiger partial charge in [0, 0.05) is 12.7 Å². The summed E-state index contributed by atoms with van der Waals surface area (Å²) in [5.41, 5.74) is 0.671. The fourth-order valence-electron chi connectivity index (χ4n) is 2.60. The Bertz CT molecular complexity index is 846. The summed E-state index contributed by atoms with van der Waals surface area (Å²) in [6.45, 7) is -0.464. The first-order valence-electron chi connectivity index (χ1n) is 7.40. The van der Waals surface area contributed by atoms with Crippen LogP contribution in [-0.4, -0.2) is 38.6 Å². The number of hydrogen-bond acceptors (Lipinski definition) is 4. The van der Waals surface area contributed by atoms with Crippen molar-refractivity contribution in [2.45, 2.75) is 11.1 Å². The Labute approximate surface area is 145 Å². The highest BCUT2D eigenvalue weighted by Gasteiger charge is 2.51. The normalized spacial score (nSPS) is 23.9. The standard InChI is InChI=1S/C16H16FN3O4S/c1-19-16(22)13-4-2-3-5-14(13)25(23,24)20(19)10-15(21)18-12-8-6-11(17)7-9-12/h2-9,16,22H,10H2,1H3,(H-,18,21,23,24)/p+1. The van der Waals surface area contributed by atoms with Crippen molar-refractivity contribution in [3.05, 3.63) is 59.9 Å². The fourth-order valence-corrected chi connectivity index (χ4v) is 4.30. The van der Waals surface area contributed by atoms with Crippen molar-refractivity contribution >= 4 is 22.0 Å². The van der Waals surface area contributed by atoms with Crippen molar-refractivity contribution in [3.63, 3.8) is 0 Å². The van der Waals surface area contributed by atoms with E-state index in [-0.39, 0.29) is 4.90 Å². The number of hydrazine groups is 1. The summed E-state index contributed by atoms with van der Waals surface area (Å²) in [7, 11) is -2.31. The average molecular weight is 366 g/mol. The number of hydrogen-bond donors (Lipinski definition) is 3. The van der Waals surface area contributed by atoms with Crippen LogP contribution in [0.15, 0.2) is 53.4 Å². The van der Waals surface area contributed by atoms with Gasteiger partial charge in [0.15, 0.2) is 6.23 Å². The van der Waals surface area contributed by atoms with Crippen LogP contribution in [0.1, 0.15) is 11.8 Å². The highest BCUT2D eigenvalue weighted by atomic mass is 32.3. The van der Waals surface area contributed by atoms with Gasteiger partial charge in [0.2, 0.25) is 10.8 Å². The van der Waals surface area contributed by atoms with Crippen LogP contribution in [0, 0.1) is 5.82 Å². The zero-order chi connectivity index (χ0) is 18.2. The summed E-state index contributed by atoms with van der Waals surface area (Å²) in [5.74, 6) is -1.02. The molecule has 2 unspecified atom stereocenters. The topological polar surface area (TPSA) is 93.1 Å². The molecule has 2 atom stereocenters. The molecule has 0 bridgehead atoms. The molecule has 1 aliphatic heterocycles. The molecule has 1 heterocycles. The van der Waals surface area contributed by atoms with Gasteiger partial charge >= 0.3 is 10.4 Å². The molecule has 0 saturated heterocycles. The van der Waals surface area contributed by atoms with Crippen LogP contribution in [0.2, 0.25) is 0 Å². The van der Waals surface area contributed by atoms with Crippen molar-refractivity contribution < 1.29 is 23.1 Å². The number of carbonyl (C=O) groups excluding carboxylic acids is 1. The predicted molar refractivity (Wildman–Crippen MR) is 89.8 cm³/mol. The molecule has 1 aliphatic rings. The molecule has 0 aliphatic carbocycles. The highest BCUT2D eigenvalue weighted by molar-refractivity contribution is 7.95. The Kier molecular flexibility index (Phi) is 4.67. The van der Waals surface area contributed by atoms with Crippen LogP contribution in [0.4, 0.5) is 10.1 Å². The van der Waals surface area contributed by atoms with E-state index >= 15 is 0 Å². The molecule has 2 aromatic carbocycles. The second-order valence-corrected chi connectivity index (χ2v) is 7.40. The number of fused-ring (bicyclic) bond motifs is 1. The van der Waals surface area contributed by atoms with E-state index in [0.717, 1.165) is 9.42 Å². The minimum atomic E-state index is -3.73. The highest BCUT2D eigenvalue weighted by Crippen LogP contribution is 2.37. The summed E-state index contributed by atoms with van der Waals surface area (Å²) in [5, 5.41) is 14.0. The van der Waals surface area contributed by atoms with Crippen LogP contribution in [0.25, 0.3) is 0 Å². The van der Waals surface area contributed by atoms with Crippen LogP contribution >= 0.6 is 0 Å². The lowest BCUT2D eigenvalue weighted by atomic mass is 10.2. The number of nitrogens with one attached hydrogen (secondary N) is 1. The molecule has 0 fully saturated rings. The lowest BCUT2D eigenvalue weighted by molar-refractivity contribution is -0.126. The summed E-state index contributed by atoms with van der Waals surface area (Å²) in [6, 6.07) is 11.4. The Hall–Kier alpha value is -2.17. The number of carbonyl (C=O) groups is 1. The van der Waals surface area contributed by atoms with E-state index in [2.05, 4.69) is 5.32 Å². The zero-order valence-electron chi connectivity index (χ0n) is 13.3. The van der Waals surface area contributed by atoms with Crippen molar-refractivity contribution in [2.24, 2.45) is 0 Å². The van der Waals surface area contributed by atoms with Gasteiger partial charge in [-0.15, -0.1) is 0 Å². The molecule has 132 valence electrons. The van der Waals surface area contributed by atoms with Gasteiger partial charge in [-0.3, -0.25) is 4.79 Å². The van der Waals surface area contributed by atoms with Gasteiger partial charge in [0.05, 0.1) is 5.56 Å². The van der Waals surface area contributed by atoms with E-state index in [1.165, 1.54) is 37.4 Å². The SMILES string of the molecule is CN1C(O)c2ccccc2[S+](=O)(O)N1CC(=O)Nc1ccc(F)cc1. The van der Waals surface area contributed by atoms with E-state index < -0.39 is 34.9 Å². The second-order valence-electron chi connectivity index (χ2n) is 5.55. The molecular weight excluding hydrogens is 349 g/mol. The molecule has 0 saturated carbocycles. The summed E-state index contributed by atoms with van der Waals surface area (Å²) in [6.07, 6.45) is -1.16. The Morgan fingerprint density at radius 2 is 1.88 bits per heavy atom. The van der Waals surface area contributed by atoms with E-state index in [1.807, 2.05) is 0 Å². The number of anilines is 1. The smallest absolute Gasteiger partial charge is 0.340 e. The molecule has 0 radical (unpaired) electrons. The summed E-state index contributed by atoms with van der Waals surface area (Å²) >= 11 is 0. The van der Waals surface area contributed by atoms with Gasteiger partial charge in [0.25, 0.3) is 0 Å². The van der Waals surface area contributed by atoms with E-state index in [1.54, 1.807) is 18.2 Å². The van der Waals surface area contributed by atoms with Gasteiger partial charge in [-0.25, -0.2) is 4.39 Å². The number of aliphatic hydroxyl groups is 1. The Morgan fingerprint density at radius 1 is 1.24 bits per heavy atom. The maximum Gasteiger partial charge on any atom is 0.340 e. The zero-order valence-corrected chi connectivity index (χ0v) is 14.1. The number of nitrogens with zero attached hydrogens (tertiary/aromatic N) is 2. The molecule has 7 nitrogen and oxygen atoms in total. The molecular formula is C16H17FN3O4S+. The van der Waals surface area contributed by atoms with Crippen molar-refractivity contribution in [1.29, 1.82) is 0 Å². The quantitative estimate of drug-likeness (QED) is 0.721. The number of rotatable bonds is 3. The first-order valence-corrected chi connectivity index (χ1v) is 8.87. The Balaban J connectivity index is 1.83. The second kappa shape index (κ2) is 6.62. The van der Waals surface area contributed by atoms with Crippen molar-refractivity contribution in [2.75, 3.05) is 18.9 Å². The van der Waals surface area contributed by atoms with Gasteiger partial charge in [0.1, 0.15) is 12.4 Å². The van der Waals surface area contributed by atoms with Crippen LogP contribution in [0.5, 0.6) is 0 Å². The van der Waals surface area contributed by atoms with Gasteiger partial charge < -0.3 is 10.4 Å². The third kappa shape index (κ3) is 3.32. The van der Waals surface area contributed by atoms with E-state index in [4.69, 9.17) is 0 Å². The molecule has 0 spiro atoms. The number of amides is 1. The first-order chi connectivity index (χ1) is 11.8. The minimum Gasteiger partial charge on any atom is -0.372 e. The van der Waals surface area contributed by atoms with E-state index in [0.29, 0.717) is 11.3 Å². The first kappa shape index (κ1) is 17.6. The molecule has 3 N–H and O–H groups in total. The molecule has 25 heavy (non-hydrogen) atoms. The molecule has 3 rings (SSSR count). The molecule has 0 aromatic heterocycles. The number of benzene rings is 2. The summed E-state index contributed by atoms with van der Waals surface area (Å²) in [4.78, 5) is 12.3. The molecule has 9 heteroatoms. The summed E-state index contributed by atoms with van der Waals surface area (Å²) < 4.78 is 37.2. The number of halogens is 1. The number of aliphatic hydroxyl groups excluding tert-OH is 1. The third-order valence-corrected chi connectivity index (χ3v) is 5.78. The van der Waals surface area contributed by atoms with Gasteiger partial charge in [-0.1, -0.05) is 12.1 Å². The molecule has 1 amide bonds. The predicted octanol–water partition coefficient (Wildman–Crippen LogP) is 1.86. The average Bonchev–Trinajstić information content (AvgIpc) is 2.59. The largest absolute Gasteiger partial charge is 0.372 e. The minimum absolute atomic E-state index is 0.0650.